The quantitative estimate of drug-likeness (QED) is 0.928. The summed E-state index contributed by atoms with van der Waals surface area (Å²) in [5.41, 5.74) is 8.63. The number of rotatable bonds is 3. The SMILES string of the molecule is NC1CN(Cc2ccccc2)CC1c1c(Cl)cccc1Cl. The highest BCUT2D eigenvalue weighted by Gasteiger charge is 2.33. The minimum atomic E-state index is 0.0612. The van der Waals surface area contributed by atoms with E-state index in [0.29, 0.717) is 10.0 Å². The Bertz CT molecular complexity index is 595. The molecule has 21 heavy (non-hydrogen) atoms. The summed E-state index contributed by atoms with van der Waals surface area (Å²) in [7, 11) is 0. The molecule has 0 radical (unpaired) electrons. The summed E-state index contributed by atoms with van der Waals surface area (Å²) in [5, 5.41) is 1.43. The third kappa shape index (κ3) is 3.24. The van der Waals surface area contributed by atoms with Crippen molar-refractivity contribution in [1.29, 1.82) is 0 Å². The van der Waals surface area contributed by atoms with Crippen LogP contribution in [0.15, 0.2) is 48.5 Å². The zero-order valence-corrected chi connectivity index (χ0v) is 13.2. The molecule has 2 nitrogen and oxygen atoms in total. The lowest BCUT2D eigenvalue weighted by Crippen LogP contribution is -2.28. The standard InChI is InChI=1S/C17H18Cl2N2/c18-14-7-4-8-15(19)17(14)13-10-21(11-16(13)20)9-12-5-2-1-3-6-12/h1-8,13,16H,9-11,20H2. The van der Waals surface area contributed by atoms with Crippen molar-refractivity contribution in [2.45, 2.75) is 18.5 Å². The zero-order valence-electron chi connectivity index (χ0n) is 11.7. The first-order valence-corrected chi connectivity index (χ1v) is 7.86. The van der Waals surface area contributed by atoms with E-state index in [1.54, 1.807) is 0 Å². The summed E-state index contributed by atoms with van der Waals surface area (Å²) in [5.74, 6) is 0.190. The second-order valence-electron chi connectivity index (χ2n) is 5.59. The van der Waals surface area contributed by atoms with Gasteiger partial charge in [0.25, 0.3) is 0 Å². The van der Waals surface area contributed by atoms with Crippen LogP contribution >= 0.6 is 23.2 Å². The van der Waals surface area contributed by atoms with Gasteiger partial charge in [0.1, 0.15) is 0 Å². The van der Waals surface area contributed by atoms with Gasteiger partial charge in [-0.15, -0.1) is 0 Å². The number of nitrogens with two attached hydrogens (primary N) is 1. The second-order valence-corrected chi connectivity index (χ2v) is 6.40. The number of hydrogen-bond donors (Lipinski definition) is 1. The molecule has 0 amide bonds. The van der Waals surface area contributed by atoms with Gasteiger partial charge >= 0.3 is 0 Å². The molecule has 2 unspecified atom stereocenters. The van der Waals surface area contributed by atoms with E-state index >= 15 is 0 Å². The van der Waals surface area contributed by atoms with Crippen LogP contribution in [0.5, 0.6) is 0 Å². The van der Waals surface area contributed by atoms with Crippen molar-refractivity contribution in [3.8, 4) is 0 Å². The Morgan fingerprint density at radius 2 is 1.62 bits per heavy atom. The Morgan fingerprint density at radius 3 is 2.29 bits per heavy atom. The van der Waals surface area contributed by atoms with Crippen molar-refractivity contribution in [3.05, 3.63) is 69.7 Å². The first-order valence-electron chi connectivity index (χ1n) is 7.11. The minimum absolute atomic E-state index is 0.0612. The normalized spacial score (nSPS) is 22.6. The average Bonchev–Trinajstić information content (AvgIpc) is 2.80. The molecule has 0 aromatic heterocycles. The monoisotopic (exact) mass is 320 g/mol. The second kappa shape index (κ2) is 6.37. The summed E-state index contributed by atoms with van der Waals surface area (Å²) < 4.78 is 0. The van der Waals surface area contributed by atoms with Crippen molar-refractivity contribution < 1.29 is 0 Å². The summed E-state index contributed by atoms with van der Waals surface area (Å²) in [6.07, 6.45) is 0. The molecule has 1 heterocycles. The Morgan fingerprint density at radius 1 is 0.952 bits per heavy atom. The van der Waals surface area contributed by atoms with Crippen LogP contribution in [0.25, 0.3) is 0 Å². The van der Waals surface area contributed by atoms with Gasteiger partial charge in [-0.3, -0.25) is 4.90 Å². The smallest absolute Gasteiger partial charge is 0.0456 e. The molecule has 1 aliphatic heterocycles. The van der Waals surface area contributed by atoms with E-state index in [-0.39, 0.29) is 12.0 Å². The molecule has 0 aliphatic carbocycles. The van der Waals surface area contributed by atoms with Gasteiger partial charge in [0.15, 0.2) is 0 Å². The molecule has 1 fully saturated rings. The van der Waals surface area contributed by atoms with Gasteiger partial charge in [0.2, 0.25) is 0 Å². The Balaban J connectivity index is 1.77. The van der Waals surface area contributed by atoms with Crippen molar-refractivity contribution in [2.24, 2.45) is 5.73 Å². The van der Waals surface area contributed by atoms with Crippen LogP contribution in [0.1, 0.15) is 17.0 Å². The van der Waals surface area contributed by atoms with Gasteiger partial charge in [-0.2, -0.15) is 0 Å². The maximum absolute atomic E-state index is 6.33. The predicted molar refractivity (Wildman–Crippen MR) is 88.9 cm³/mol. The molecule has 3 rings (SSSR count). The first kappa shape index (κ1) is 14.9. The summed E-state index contributed by atoms with van der Waals surface area (Å²) in [6.45, 7) is 2.66. The fourth-order valence-electron chi connectivity index (χ4n) is 3.05. The molecule has 0 saturated carbocycles. The van der Waals surface area contributed by atoms with E-state index in [1.807, 2.05) is 24.3 Å². The van der Waals surface area contributed by atoms with E-state index in [2.05, 4.69) is 29.2 Å². The van der Waals surface area contributed by atoms with Crippen molar-refractivity contribution in [1.82, 2.24) is 4.90 Å². The van der Waals surface area contributed by atoms with Crippen molar-refractivity contribution >= 4 is 23.2 Å². The van der Waals surface area contributed by atoms with Crippen LogP contribution in [-0.4, -0.2) is 24.0 Å². The van der Waals surface area contributed by atoms with Crippen LogP contribution in [0.2, 0.25) is 10.0 Å². The van der Waals surface area contributed by atoms with E-state index in [0.717, 1.165) is 25.2 Å². The molecule has 2 atom stereocenters. The molecule has 2 aromatic carbocycles. The summed E-state index contributed by atoms with van der Waals surface area (Å²) in [4.78, 5) is 2.37. The lowest BCUT2D eigenvalue weighted by molar-refractivity contribution is 0.324. The fraction of sp³-hybridized carbons (Fsp3) is 0.294. The van der Waals surface area contributed by atoms with Crippen LogP contribution in [0.4, 0.5) is 0 Å². The Labute approximate surface area is 135 Å². The molecule has 1 saturated heterocycles. The fourth-order valence-corrected chi connectivity index (χ4v) is 3.73. The topological polar surface area (TPSA) is 29.3 Å². The summed E-state index contributed by atoms with van der Waals surface area (Å²) >= 11 is 12.6. The largest absolute Gasteiger partial charge is 0.326 e. The van der Waals surface area contributed by atoms with E-state index in [1.165, 1.54) is 5.56 Å². The molecule has 4 heteroatoms. The van der Waals surface area contributed by atoms with Crippen LogP contribution in [0.3, 0.4) is 0 Å². The Kier molecular flexibility index (Phi) is 4.51. The van der Waals surface area contributed by atoms with Gasteiger partial charge in [0.05, 0.1) is 0 Å². The molecule has 1 aliphatic rings. The van der Waals surface area contributed by atoms with Crippen LogP contribution < -0.4 is 5.73 Å². The lowest BCUT2D eigenvalue weighted by atomic mass is 9.95. The molecule has 0 bridgehead atoms. The number of halogens is 2. The summed E-state index contributed by atoms with van der Waals surface area (Å²) in [6, 6.07) is 16.1. The van der Waals surface area contributed by atoms with E-state index in [9.17, 15) is 0 Å². The van der Waals surface area contributed by atoms with Gasteiger partial charge in [0, 0.05) is 41.6 Å². The molecule has 110 valence electrons. The maximum Gasteiger partial charge on any atom is 0.0456 e. The van der Waals surface area contributed by atoms with Gasteiger partial charge in [-0.25, -0.2) is 0 Å². The molecule has 2 N–H and O–H groups in total. The Hall–Kier alpha value is -1.06. The highest BCUT2D eigenvalue weighted by atomic mass is 35.5. The zero-order chi connectivity index (χ0) is 14.8. The van der Waals surface area contributed by atoms with Crippen LogP contribution in [0, 0.1) is 0 Å². The molecule has 0 spiro atoms. The van der Waals surface area contributed by atoms with E-state index in [4.69, 9.17) is 28.9 Å². The highest BCUT2D eigenvalue weighted by Crippen LogP contribution is 2.36. The molecule has 2 aromatic rings. The van der Waals surface area contributed by atoms with Crippen molar-refractivity contribution in [3.63, 3.8) is 0 Å². The van der Waals surface area contributed by atoms with Gasteiger partial charge in [-0.1, -0.05) is 59.6 Å². The lowest BCUT2D eigenvalue weighted by Gasteiger charge is -2.18. The number of benzene rings is 2. The van der Waals surface area contributed by atoms with Gasteiger partial charge in [-0.05, 0) is 23.3 Å². The third-order valence-electron chi connectivity index (χ3n) is 4.06. The average molecular weight is 321 g/mol. The van der Waals surface area contributed by atoms with E-state index < -0.39 is 0 Å². The third-order valence-corrected chi connectivity index (χ3v) is 4.72. The van der Waals surface area contributed by atoms with Gasteiger partial charge < -0.3 is 5.73 Å². The number of likely N-dealkylation sites (tertiary alicyclic amines) is 1. The first-order chi connectivity index (χ1) is 10.1. The van der Waals surface area contributed by atoms with Crippen LogP contribution in [-0.2, 0) is 6.54 Å². The van der Waals surface area contributed by atoms with Crippen molar-refractivity contribution in [2.75, 3.05) is 13.1 Å². The maximum atomic E-state index is 6.33. The minimum Gasteiger partial charge on any atom is -0.326 e. The number of hydrogen-bond acceptors (Lipinski definition) is 2. The highest BCUT2D eigenvalue weighted by molar-refractivity contribution is 6.36. The molecular formula is C17H18Cl2N2. The predicted octanol–water partition coefficient (Wildman–Crippen LogP) is 3.92. The number of nitrogens with zero attached hydrogens (tertiary/aromatic N) is 1. The molecular weight excluding hydrogens is 303 g/mol.